The van der Waals surface area contributed by atoms with E-state index in [2.05, 4.69) is 0 Å². The summed E-state index contributed by atoms with van der Waals surface area (Å²) in [6, 6.07) is 1.26. The second-order valence-electron chi connectivity index (χ2n) is 2.94. The van der Waals surface area contributed by atoms with E-state index in [0.717, 1.165) is 0 Å². The molecule has 0 unspecified atom stereocenters. The van der Waals surface area contributed by atoms with Crippen LogP contribution < -0.4 is 4.72 Å². The van der Waals surface area contributed by atoms with Crippen LogP contribution in [0.4, 0.5) is 17.6 Å². The summed E-state index contributed by atoms with van der Waals surface area (Å²) in [7, 11) is -4.29. The average Bonchev–Trinajstić information content (AvgIpc) is 2.62. The summed E-state index contributed by atoms with van der Waals surface area (Å²) in [5.74, 6) is -4.42. The molecule has 0 bridgehead atoms. The van der Waals surface area contributed by atoms with E-state index in [0.29, 0.717) is 11.3 Å². The predicted octanol–water partition coefficient (Wildman–Crippen LogP) is 2.58. The highest BCUT2D eigenvalue weighted by molar-refractivity contribution is 7.91. The topological polar surface area (TPSA) is 46.2 Å². The third-order valence-electron chi connectivity index (χ3n) is 1.65. The molecular weight excluding hydrogens is 306 g/mol. The van der Waals surface area contributed by atoms with Gasteiger partial charge in [-0.2, -0.15) is 8.78 Å². The average molecular weight is 312 g/mol. The summed E-state index contributed by atoms with van der Waals surface area (Å²) in [6.45, 7) is -1.68. The molecule has 0 spiro atoms. The minimum absolute atomic E-state index is 0.150. The number of thiophene rings is 1. The van der Waals surface area contributed by atoms with Crippen LogP contribution in [0.5, 0.6) is 0 Å². The fourth-order valence-corrected chi connectivity index (χ4v) is 3.58. The molecule has 3 nitrogen and oxygen atoms in total. The van der Waals surface area contributed by atoms with Gasteiger partial charge >= 0.3 is 12.3 Å². The Morgan fingerprint density at radius 1 is 1.47 bits per heavy atom. The molecule has 0 radical (unpaired) electrons. The first kappa shape index (κ1) is 14.7. The molecule has 0 aliphatic rings. The van der Waals surface area contributed by atoms with Crippen molar-refractivity contribution in [2.24, 2.45) is 0 Å². The monoisotopic (exact) mass is 311 g/mol. The molecule has 17 heavy (non-hydrogen) atoms. The second-order valence-corrected chi connectivity index (χ2v) is 6.23. The second kappa shape index (κ2) is 5.09. The van der Waals surface area contributed by atoms with Gasteiger partial charge in [-0.1, -0.05) is 11.6 Å². The summed E-state index contributed by atoms with van der Waals surface area (Å²) >= 11 is 6.19. The van der Waals surface area contributed by atoms with E-state index in [4.69, 9.17) is 11.6 Å². The van der Waals surface area contributed by atoms with Crippen molar-refractivity contribution in [2.45, 2.75) is 16.6 Å². The number of halogens is 5. The standard InChI is InChI=1S/C7H6ClF4NO2S2/c8-4-1-2-16-5(4)17(14,15)13-3-7(11,12)6(9)10/h1-2,6,13H,3H2. The highest BCUT2D eigenvalue weighted by Gasteiger charge is 2.41. The Kier molecular flexibility index (Phi) is 4.39. The van der Waals surface area contributed by atoms with Crippen LogP contribution in [0.2, 0.25) is 5.02 Å². The number of alkyl halides is 4. The van der Waals surface area contributed by atoms with E-state index in [1.54, 1.807) is 0 Å². The molecule has 0 amide bonds. The molecule has 0 atom stereocenters. The van der Waals surface area contributed by atoms with Crippen LogP contribution in [0.15, 0.2) is 15.7 Å². The molecule has 1 rings (SSSR count). The van der Waals surface area contributed by atoms with Crippen LogP contribution in [0.1, 0.15) is 0 Å². The zero-order valence-corrected chi connectivity index (χ0v) is 10.4. The predicted molar refractivity (Wildman–Crippen MR) is 55.5 cm³/mol. The third kappa shape index (κ3) is 3.54. The smallest absolute Gasteiger partial charge is 0.206 e. The van der Waals surface area contributed by atoms with Gasteiger partial charge in [-0.15, -0.1) is 11.3 Å². The summed E-state index contributed by atoms with van der Waals surface area (Å²) in [5, 5.41) is 1.19. The van der Waals surface area contributed by atoms with Crippen LogP contribution in [-0.2, 0) is 10.0 Å². The molecule has 1 aromatic rings. The largest absolute Gasteiger partial charge is 0.320 e. The van der Waals surface area contributed by atoms with Crippen molar-refractivity contribution in [2.75, 3.05) is 6.54 Å². The Hall–Kier alpha value is -0.380. The Balaban J connectivity index is 2.80. The van der Waals surface area contributed by atoms with Gasteiger partial charge in [0, 0.05) is 0 Å². The number of sulfonamides is 1. The number of hydrogen-bond donors (Lipinski definition) is 1. The van der Waals surface area contributed by atoms with E-state index in [9.17, 15) is 26.0 Å². The first-order valence-electron chi connectivity index (χ1n) is 4.05. The zero-order chi connectivity index (χ0) is 13.3. The van der Waals surface area contributed by atoms with Crippen LogP contribution in [0.25, 0.3) is 0 Å². The Morgan fingerprint density at radius 2 is 2.06 bits per heavy atom. The molecule has 0 saturated heterocycles. The van der Waals surface area contributed by atoms with Crippen molar-refractivity contribution in [3.8, 4) is 0 Å². The van der Waals surface area contributed by atoms with Crippen molar-refractivity contribution in [1.29, 1.82) is 0 Å². The summed E-state index contributed by atoms with van der Waals surface area (Å²) in [6.07, 6.45) is -3.94. The maximum absolute atomic E-state index is 12.5. The van der Waals surface area contributed by atoms with Gasteiger partial charge in [-0.05, 0) is 11.4 Å². The Labute approximate surface area is 103 Å². The molecular formula is C7H6ClF4NO2S2. The highest BCUT2D eigenvalue weighted by atomic mass is 35.5. The fraction of sp³-hybridized carbons (Fsp3) is 0.429. The molecule has 0 aliphatic carbocycles. The number of nitrogens with one attached hydrogen (secondary N) is 1. The van der Waals surface area contributed by atoms with Crippen molar-refractivity contribution >= 4 is 33.0 Å². The van der Waals surface area contributed by atoms with Gasteiger partial charge in [0.1, 0.15) is 0 Å². The molecule has 1 heterocycles. The van der Waals surface area contributed by atoms with Crippen LogP contribution in [-0.4, -0.2) is 27.3 Å². The van der Waals surface area contributed by atoms with Crippen molar-refractivity contribution in [1.82, 2.24) is 4.72 Å². The SMILES string of the molecule is O=S(=O)(NCC(F)(F)C(F)F)c1sccc1Cl. The van der Waals surface area contributed by atoms with E-state index >= 15 is 0 Å². The zero-order valence-electron chi connectivity index (χ0n) is 7.96. The quantitative estimate of drug-likeness (QED) is 0.850. The lowest BCUT2D eigenvalue weighted by molar-refractivity contribution is -0.122. The lowest BCUT2D eigenvalue weighted by Gasteiger charge is -2.15. The van der Waals surface area contributed by atoms with E-state index in [1.807, 2.05) is 0 Å². The molecule has 1 aromatic heterocycles. The Morgan fingerprint density at radius 3 is 2.47 bits per heavy atom. The minimum atomic E-state index is -4.42. The molecule has 98 valence electrons. The van der Waals surface area contributed by atoms with Crippen LogP contribution >= 0.6 is 22.9 Å². The molecule has 0 saturated carbocycles. The van der Waals surface area contributed by atoms with Crippen molar-refractivity contribution in [3.05, 3.63) is 16.5 Å². The highest BCUT2D eigenvalue weighted by Crippen LogP contribution is 2.28. The van der Waals surface area contributed by atoms with Gasteiger partial charge in [0.2, 0.25) is 0 Å². The summed E-state index contributed by atoms with van der Waals surface area (Å²) in [4.78, 5) is 0. The normalized spacial score (nSPS) is 13.3. The first-order chi connectivity index (χ1) is 7.67. The maximum Gasteiger partial charge on any atom is 0.320 e. The van der Waals surface area contributed by atoms with Crippen LogP contribution in [0.3, 0.4) is 0 Å². The Bertz CT molecular complexity index is 488. The first-order valence-corrected chi connectivity index (χ1v) is 6.79. The van der Waals surface area contributed by atoms with Gasteiger partial charge in [-0.3, -0.25) is 0 Å². The molecule has 0 aliphatic heterocycles. The number of rotatable bonds is 5. The number of hydrogen-bond acceptors (Lipinski definition) is 3. The van der Waals surface area contributed by atoms with Gasteiger partial charge in [0.05, 0.1) is 11.6 Å². The van der Waals surface area contributed by atoms with Gasteiger partial charge < -0.3 is 0 Å². The minimum Gasteiger partial charge on any atom is -0.206 e. The maximum atomic E-state index is 12.5. The van der Waals surface area contributed by atoms with E-state index in [-0.39, 0.29) is 9.23 Å². The molecule has 0 aromatic carbocycles. The van der Waals surface area contributed by atoms with Gasteiger partial charge in [0.15, 0.2) is 4.21 Å². The van der Waals surface area contributed by atoms with Gasteiger partial charge in [0.25, 0.3) is 10.0 Å². The van der Waals surface area contributed by atoms with E-state index in [1.165, 1.54) is 16.2 Å². The van der Waals surface area contributed by atoms with E-state index < -0.39 is 28.9 Å². The molecule has 1 N–H and O–H groups in total. The third-order valence-corrected chi connectivity index (χ3v) is 5.07. The van der Waals surface area contributed by atoms with Crippen molar-refractivity contribution in [3.63, 3.8) is 0 Å². The fourth-order valence-electron chi connectivity index (χ4n) is 0.806. The van der Waals surface area contributed by atoms with Gasteiger partial charge in [-0.25, -0.2) is 21.9 Å². The lowest BCUT2D eigenvalue weighted by Crippen LogP contribution is -2.41. The lowest BCUT2D eigenvalue weighted by atomic mass is 10.4. The van der Waals surface area contributed by atoms with Crippen molar-refractivity contribution < 1.29 is 26.0 Å². The summed E-state index contributed by atoms with van der Waals surface area (Å²) in [5.41, 5.74) is 0. The molecule has 10 heteroatoms. The molecule has 0 fully saturated rings. The van der Waals surface area contributed by atoms with Crippen LogP contribution in [0, 0.1) is 0 Å². The summed E-state index contributed by atoms with van der Waals surface area (Å²) < 4.78 is 72.5.